The van der Waals surface area contributed by atoms with Crippen molar-refractivity contribution in [1.82, 2.24) is 19.7 Å². The Labute approximate surface area is 169 Å². The molecule has 0 saturated heterocycles. The van der Waals surface area contributed by atoms with Gasteiger partial charge in [-0.05, 0) is 64.3 Å². The van der Waals surface area contributed by atoms with E-state index in [2.05, 4.69) is 22.0 Å². The average Bonchev–Trinajstić information content (AvgIpc) is 3.10. The zero-order chi connectivity index (χ0) is 20.1. The fourth-order valence-electron chi connectivity index (χ4n) is 2.64. The van der Waals surface area contributed by atoms with Crippen molar-refractivity contribution in [3.05, 3.63) is 65.7 Å². The molecular weight excluding hydrogens is 375 g/mol. The Bertz CT molecular complexity index is 894. The first-order valence-electron chi connectivity index (χ1n) is 9.15. The smallest absolute Gasteiger partial charge is 0.196 e. The molecule has 3 rings (SSSR count). The zero-order valence-electron chi connectivity index (χ0n) is 16.6. The average molecular weight is 401 g/mol. The first-order valence-corrected chi connectivity index (χ1v) is 10.1. The van der Waals surface area contributed by atoms with E-state index in [0.717, 1.165) is 28.2 Å². The Balaban J connectivity index is 1.74. The summed E-state index contributed by atoms with van der Waals surface area (Å²) in [5.41, 5.74) is 2.05. The van der Waals surface area contributed by atoms with Crippen LogP contribution in [0, 0.1) is 12.7 Å². The van der Waals surface area contributed by atoms with Crippen LogP contribution in [-0.4, -0.2) is 46.1 Å². The van der Waals surface area contributed by atoms with Crippen molar-refractivity contribution >= 4 is 11.8 Å². The molecule has 1 atom stereocenters. The lowest BCUT2D eigenvalue weighted by Crippen LogP contribution is -2.20. The quantitative estimate of drug-likeness (QED) is 0.411. The number of ether oxygens (including phenoxy) is 1. The van der Waals surface area contributed by atoms with Crippen molar-refractivity contribution in [2.24, 2.45) is 0 Å². The maximum Gasteiger partial charge on any atom is 0.196 e. The summed E-state index contributed by atoms with van der Waals surface area (Å²) < 4.78 is 21.2. The van der Waals surface area contributed by atoms with Gasteiger partial charge in [0.25, 0.3) is 0 Å². The molecule has 5 nitrogen and oxygen atoms in total. The molecule has 28 heavy (non-hydrogen) atoms. The second-order valence-corrected chi connectivity index (χ2v) is 7.86. The van der Waals surface area contributed by atoms with Gasteiger partial charge in [0.1, 0.15) is 11.6 Å². The van der Waals surface area contributed by atoms with Crippen molar-refractivity contribution in [2.75, 3.05) is 26.5 Å². The minimum absolute atomic E-state index is 0.0655. The molecule has 0 amide bonds. The maximum atomic E-state index is 13.4. The van der Waals surface area contributed by atoms with Gasteiger partial charge in [0.15, 0.2) is 11.0 Å². The summed E-state index contributed by atoms with van der Waals surface area (Å²) in [4.78, 5) is 2.07. The molecule has 0 aliphatic heterocycles. The summed E-state index contributed by atoms with van der Waals surface area (Å²) in [6.07, 6.45) is 0. The Morgan fingerprint density at radius 2 is 1.75 bits per heavy atom. The number of rotatable bonds is 8. The number of aromatic nitrogens is 3. The first-order chi connectivity index (χ1) is 13.5. The van der Waals surface area contributed by atoms with E-state index in [1.807, 2.05) is 49.9 Å². The van der Waals surface area contributed by atoms with Gasteiger partial charge in [0, 0.05) is 11.4 Å². The van der Waals surface area contributed by atoms with E-state index < -0.39 is 0 Å². The van der Waals surface area contributed by atoms with Crippen LogP contribution in [0.5, 0.6) is 5.75 Å². The molecule has 0 fully saturated rings. The number of nitrogens with zero attached hydrogens (tertiary/aromatic N) is 4. The second kappa shape index (κ2) is 9.21. The molecular formula is C21H25FN4OS. The van der Waals surface area contributed by atoms with Crippen molar-refractivity contribution in [3.63, 3.8) is 0 Å². The third kappa shape index (κ3) is 4.91. The molecule has 2 aromatic carbocycles. The SMILES string of the molecule is Cc1ccc(OCCSc2nnc([C@@H](C)N(C)C)n2-c2ccc(F)cc2)cc1. The Kier molecular flexibility index (Phi) is 6.70. The summed E-state index contributed by atoms with van der Waals surface area (Å²) in [7, 11) is 3.99. The van der Waals surface area contributed by atoms with Crippen LogP contribution in [0.15, 0.2) is 53.7 Å². The lowest BCUT2D eigenvalue weighted by molar-refractivity contribution is 0.305. The third-order valence-corrected chi connectivity index (χ3v) is 5.39. The predicted octanol–water partition coefficient (Wildman–Crippen LogP) is 4.51. The summed E-state index contributed by atoms with van der Waals surface area (Å²) in [5, 5.41) is 9.54. The van der Waals surface area contributed by atoms with Crippen LogP contribution in [0.3, 0.4) is 0 Å². The predicted molar refractivity (Wildman–Crippen MR) is 111 cm³/mol. The lowest BCUT2D eigenvalue weighted by atomic mass is 10.2. The molecule has 0 spiro atoms. The molecule has 0 aliphatic rings. The van der Waals surface area contributed by atoms with E-state index in [0.29, 0.717) is 6.61 Å². The van der Waals surface area contributed by atoms with Gasteiger partial charge in [-0.25, -0.2) is 4.39 Å². The van der Waals surface area contributed by atoms with Crippen LogP contribution in [0.4, 0.5) is 4.39 Å². The maximum absolute atomic E-state index is 13.4. The molecule has 1 aromatic heterocycles. The zero-order valence-corrected chi connectivity index (χ0v) is 17.4. The van der Waals surface area contributed by atoms with Crippen LogP contribution in [-0.2, 0) is 0 Å². The van der Waals surface area contributed by atoms with E-state index in [9.17, 15) is 4.39 Å². The first kappa shape index (κ1) is 20.4. The second-order valence-electron chi connectivity index (χ2n) is 6.80. The Hall–Kier alpha value is -2.38. The number of halogens is 1. The highest BCUT2D eigenvalue weighted by Gasteiger charge is 2.20. The van der Waals surface area contributed by atoms with E-state index in [4.69, 9.17) is 4.74 Å². The molecule has 3 aromatic rings. The molecule has 7 heteroatoms. The molecule has 148 valence electrons. The van der Waals surface area contributed by atoms with Crippen molar-refractivity contribution in [2.45, 2.75) is 25.0 Å². The standard InChI is InChI=1S/C21H25FN4OS/c1-15-5-11-19(12-6-15)27-13-14-28-21-24-23-20(16(2)25(3)4)26(21)18-9-7-17(22)8-10-18/h5-12,16H,13-14H2,1-4H3/t16-/m1/s1. The van der Waals surface area contributed by atoms with E-state index >= 15 is 0 Å². The number of benzene rings is 2. The minimum atomic E-state index is -0.264. The Morgan fingerprint density at radius 1 is 1.07 bits per heavy atom. The Morgan fingerprint density at radius 3 is 2.39 bits per heavy atom. The number of thioether (sulfide) groups is 1. The largest absolute Gasteiger partial charge is 0.493 e. The van der Waals surface area contributed by atoms with Gasteiger partial charge >= 0.3 is 0 Å². The topological polar surface area (TPSA) is 43.2 Å². The molecule has 0 bridgehead atoms. The van der Waals surface area contributed by atoms with Gasteiger partial charge in [-0.2, -0.15) is 0 Å². The summed E-state index contributed by atoms with van der Waals surface area (Å²) in [6.45, 7) is 4.68. The van der Waals surface area contributed by atoms with Crippen LogP contribution >= 0.6 is 11.8 Å². The van der Waals surface area contributed by atoms with Crippen LogP contribution in [0.25, 0.3) is 5.69 Å². The van der Waals surface area contributed by atoms with Gasteiger partial charge in [-0.3, -0.25) is 9.47 Å². The minimum Gasteiger partial charge on any atom is -0.493 e. The van der Waals surface area contributed by atoms with Crippen molar-refractivity contribution in [1.29, 1.82) is 0 Å². The van der Waals surface area contributed by atoms with Gasteiger partial charge in [0.2, 0.25) is 0 Å². The third-order valence-electron chi connectivity index (χ3n) is 4.50. The molecule has 0 saturated carbocycles. The van der Waals surface area contributed by atoms with Gasteiger partial charge in [-0.1, -0.05) is 29.5 Å². The normalized spacial score (nSPS) is 12.4. The fourth-order valence-corrected chi connectivity index (χ4v) is 3.41. The van der Waals surface area contributed by atoms with E-state index in [1.54, 1.807) is 23.9 Å². The molecule has 0 unspecified atom stereocenters. The number of hydrogen-bond acceptors (Lipinski definition) is 5. The number of hydrogen-bond donors (Lipinski definition) is 0. The van der Waals surface area contributed by atoms with Gasteiger partial charge < -0.3 is 4.74 Å². The molecule has 0 aliphatic carbocycles. The van der Waals surface area contributed by atoms with Gasteiger partial charge in [-0.15, -0.1) is 10.2 Å². The number of aryl methyl sites for hydroxylation is 1. The molecule has 0 radical (unpaired) electrons. The van der Waals surface area contributed by atoms with E-state index in [-0.39, 0.29) is 11.9 Å². The molecule has 1 heterocycles. The monoisotopic (exact) mass is 400 g/mol. The van der Waals surface area contributed by atoms with Crippen molar-refractivity contribution in [3.8, 4) is 11.4 Å². The van der Waals surface area contributed by atoms with E-state index in [1.165, 1.54) is 17.7 Å². The molecule has 0 N–H and O–H groups in total. The van der Waals surface area contributed by atoms with Crippen molar-refractivity contribution < 1.29 is 9.13 Å². The van der Waals surface area contributed by atoms with Crippen LogP contribution in [0.1, 0.15) is 24.4 Å². The highest BCUT2D eigenvalue weighted by molar-refractivity contribution is 7.99. The highest BCUT2D eigenvalue weighted by atomic mass is 32.2. The lowest BCUT2D eigenvalue weighted by Gasteiger charge is -2.20. The fraction of sp³-hybridized carbons (Fsp3) is 0.333. The van der Waals surface area contributed by atoms with Crippen LogP contribution < -0.4 is 4.74 Å². The highest BCUT2D eigenvalue weighted by Crippen LogP contribution is 2.27. The summed E-state index contributed by atoms with van der Waals surface area (Å²) in [6, 6.07) is 14.5. The van der Waals surface area contributed by atoms with Gasteiger partial charge in [0.05, 0.1) is 12.6 Å². The summed E-state index contributed by atoms with van der Waals surface area (Å²) >= 11 is 1.57. The summed E-state index contributed by atoms with van der Waals surface area (Å²) in [5.74, 6) is 2.13. The van der Waals surface area contributed by atoms with Crippen LogP contribution in [0.2, 0.25) is 0 Å².